The van der Waals surface area contributed by atoms with Gasteiger partial charge in [-0.25, -0.2) is 4.79 Å². The molecule has 0 radical (unpaired) electrons. The van der Waals surface area contributed by atoms with Gasteiger partial charge in [0.25, 0.3) is 0 Å². The molecule has 0 spiro atoms. The fourth-order valence-corrected chi connectivity index (χ4v) is 3.05. The minimum absolute atomic E-state index is 0.383. The molecule has 0 fully saturated rings. The third-order valence-electron chi connectivity index (χ3n) is 2.73. The van der Waals surface area contributed by atoms with Crippen molar-refractivity contribution in [3.05, 3.63) is 23.8 Å². The third-order valence-corrected chi connectivity index (χ3v) is 4.17. The van der Waals surface area contributed by atoms with Crippen molar-refractivity contribution in [3.8, 4) is 5.75 Å². The fourth-order valence-electron chi connectivity index (χ4n) is 1.80. The first kappa shape index (κ1) is 11.9. The standard InChI is InChI=1S/C11H14N2O3S/c1-16-9-2-3-10-8(6-9)7-13(11(12)14)4-5-17(10)15/h2-3,6H,4-5,7H2,1H3,(H2,12,14). The highest BCUT2D eigenvalue weighted by atomic mass is 32.2. The molecule has 2 amide bonds. The molecule has 0 aromatic heterocycles. The van der Waals surface area contributed by atoms with Crippen LogP contribution >= 0.6 is 0 Å². The SMILES string of the molecule is COc1ccc2c(c1)CN(C(N)=O)CCS2=O. The fraction of sp³-hybridized carbons (Fsp3) is 0.364. The molecule has 1 unspecified atom stereocenters. The molecule has 1 aliphatic rings. The Hall–Kier alpha value is -1.56. The summed E-state index contributed by atoms with van der Waals surface area (Å²) in [7, 11) is 0.486. The van der Waals surface area contributed by atoms with E-state index in [4.69, 9.17) is 10.5 Å². The predicted octanol–water partition coefficient (Wildman–Crippen LogP) is 0.697. The van der Waals surface area contributed by atoms with E-state index in [0.29, 0.717) is 24.6 Å². The van der Waals surface area contributed by atoms with Gasteiger partial charge in [-0.05, 0) is 23.8 Å². The summed E-state index contributed by atoms with van der Waals surface area (Å²) in [4.78, 5) is 13.4. The maximum atomic E-state index is 12.0. The van der Waals surface area contributed by atoms with E-state index in [9.17, 15) is 9.00 Å². The van der Waals surface area contributed by atoms with Gasteiger partial charge >= 0.3 is 6.03 Å². The van der Waals surface area contributed by atoms with Crippen LogP contribution in [0.1, 0.15) is 5.56 Å². The van der Waals surface area contributed by atoms with Crippen LogP contribution in [0.15, 0.2) is 23.1 Å². The molecule has 2 rings (SSSR count). The first-order chi connectivity index (χ1) is 8.11. The van der Waals surface area contributed by atoms with Crippen molar-refractivity contribution >= 4 is 16.8 Å². The average Bonchev–Trinajstić information content (AvgIpc) is 2.48. The zero-order chi connectivity index (χ0) is 12.4. The smallest absolute Gasteiger partial charge is 0.315 e. The maximum absolute atomic E-state index is 12.0. The van der Waals surface area contributed by atoms with Crippen molar-refractivity contribution in [1.29, 1.82) is 0 Å². The van der Waals surface area contributed by atoms with Crippen LogP contribution in [0.5, 0.6) is 5.75 Å². The number of urea groups is 1. The monoisotopic (exact) mass is 254 g/mol. The Kier molecular flexibility index (Phi) is 3.33. The highest BCUT2D eigenvalue weighted by Crippen LogP contribution is 2.24. The number of hydrogen-bond donors (Lipinski definition) is 1. The number of rotatable bonds is 1. The van der Waals surface area contributed by atoms with Crippen molar-refractivity contribution < 1.29 is 13.7 Å². The van der Waals surface area contributed by atoms with Crippen molar-refractivity contribution in [1.82, 2.24) is 4.90 Å². The Morgan fingerprint density at radius 1 is 1.53 bits per heavy atom. The second-order valence-corrected chi connectivity index (χ2v) is 5.32. The molecule has 1 aliphatic heterocycles. The number of nitrogens with zero attached hydrogens (tertiary/aromatic N) is 1. The van der Waals surface area contributed by atoms with Gasteiger partial charge in [0.15, 0.2) is 0 Å². The summed E-state index contributed by atoms with van der Waals surface area (Å²) < 4.78 is 17.1. The highest BCUT2D eigenvalue weighted by Gasteiger charge is 2.21. The van der Waals surface area contributed by atoms with Crippen LogP contribution in [0, 0.1) is 0 Å². The largest absolute Gasteiger partial charge is 0.497 e. The Bertz CT molecular complexity index is 476. The first-order valence-corrected chi connectivity index (χ1v) is 6.53. The number of methoxy groups -OCH3 is 1. The molecule has 17 heavy (non-hydrogen) atoms. The van der Waals surface area contributed by atoms with Gasteiger partial charge in [-0.1, -0.05) is 0 Å². The highest BCUT2D eigenvalue weighted by molar-refractivity contribution is 7.85. The second kappa shape index (κ2) is 4.75. The molecule has 92 valence electrons. The zero-order valence-corrected chi connectivity index (χ0v) is 10.3. The van der Waals surface area contributed by atoms with E-state index in [1.54, 1.807) is 25.3 Å². The molecular formula is C11H14N2O3S. The summed E-state index contributed by atoms with van der Waals surface area (Å²) in [5.74, 6) is 1.11. The van der Waals surface area contributed by atoms with Crippen LogP contribution in [0.25, 0.3) is 0 Å². The van der Waals surface area contributed by atoms with Crippen LogP contribution in [-0.4, -0.2) is 34.5 Å². The number of nitrogens with two attached hydrogens (primary N) is 1. The minimum atomic E-state index is -1.08. The van der Waals surface area contributed by atoms with E-state index in [1.165, 1.54) is 4.90 Å². The minimum Gasteiger partial charge on any atom is -0.497 e. The Morgan fingerprint density at radius 2 is 2.29 bits per heavy atom. The Labute approximate surface area is 102 Å². The molecule has 0 aliphatic carbocycles. The lowest BCUT2D eigenvalue weighted by molar-refractivity contribution is 0.208. The van der Waals surface area contributed by atoms with E-state index < -0.39 is 16.8 Å². The molecule has 1 aromatic carbocycles. The molecule has 5 nitrogen and oxygen atoms in total. The summed E-state index contributed by atoms with van der Waals surface area (Å²) in [5.41, 5.74) is 6.10. The second-order valence-electron chi connectivity index (χ2n) is 3.78. The van der Waals surface area contributed by atoms with E-state index >= 15 is 0 Å². The number of benzene rings is 1. The number of carbonyl (C=O) groups excluding carboxylic acids is 1. The third kappa shape index (κ3) is 2.41. The van der Waals surface area contributed by atoms with Crippen LogP contribution < -0.4 is 10.5 Å². The predicted molar refractivity (Wildman–Crippen MR) is 64.3 cm³/mol. The number of primary amides is 1. The molecule has 6 heteroatoms. The summed E-state index contributed by atoms with van der Waals surface area (Å²) in [5, 5.41) is 0. The van der Waals surface area contributed by atoms with Crippen molar-refractivity contribution in [2.75, 3.05) is 19.4 Å². The summed E-state index contributed by atoms with van der Waals surface area (Å²) >= 11 is 0. The maximum Gasteiger partial charge on any atom is 0.315 e. The van der Waals surface area contributed by atoms with Crippen LogP contribution in [0.2, 0.25) is 0 Å². The molecule has 1 heterocycles. The summed E-state index contributed by atoms with van der Waals surface area (Å²) in [6.07, 6.45) is 0. The van der Waals surface area contributed by atoms with E-state index in [0.717, 1.165) is 10.5 Å². The van der Waals surface area contributed by atoms with Crippen molar-refractivity contribution in [2.24, 2.45) is 5.73 Å². The number of amides is 2. The van der Waals surface area contributed by atoms with Gasteiger partial charge < -0.3 is 15.4 Å². The van der Waals surface area contributed by atoms with Crippen molar-refractivity contribution in [3.63, 3.8) is 0 Å². The van der Waals surface area contributed by atoms with Crippen LogP contribution in [0.3, 0.4) is 0 Å². The number of fused-ring (bicyclic) bond motifs is 1. The van der Waals surface area contributed by atoms with Gasteiger partial charge in [-0.3, -0.25) is 4.21 Å². The van der Waals surface area contributed by atoms with E-state index in [-0.39, 0.29) is 0 Å². The van der Waals surface area contributed by atoms with Gasteiger partial charge in [0, 0.05) is 23.7 Å². The quantitative estimate of drug-likeness (QED) is 0.801. The molecule has 1 atom stereocenters. The molecule has 0 saturated carbocycles. The van der Waals surface area contributed by atoms with Gasteiger partial charge in [0.05, 0.1) is 17.9 Å². The van der Waals surface area contributed by atoms with E-state index in [1.807, 2.05) is 0 Å². The van der Waals surface area contributed by atoms with E-state index in [2.05, 4.69) is 0 Å². The topological polar surface area (TPSA) is 72.6 Å². The zero-order valence-electron chi connectivity index (χ0n) is 9.51. The number of hydrogen-bond acceptors (Lipinski definition) is 3. The van der Waals surface area contributed by atoms with Gasteiger partial charge in [0.2, 0.25) is 0 Å². The number of ether oxygens (including phenoxy) is 1. The van der Waals surface area contributed by atoms with Gasteiger partial charge in [-0.2, -0.15) is 0 Å². The molecular weight excluding hydrogens is 240 g/mol. The first-order valence-electron chi connectivity index (χ1n) is 5.21. The van der Waals surface area contributed by atoms with Crippen molar-refractivity contribution in [2.45, 2.75) is 11.4 Å². The molecule has 0 bridgehead atoms. The van der Waals surface area contributed by atoms with Crippen LogP contribution in [0.4, 0.5) is 4.79 Å². The Balaban J connectivity index is 2.41. The lowest BCUT2D eigenvalue weighted by Gasteiger charge is -2.17. The molecule has 1 aromatic rings. The Morgan fingerprint density at radius 3 is 2.94 bits per heavy atom. The average molecular weight is 254 g/mol. The summed E-state index contributed by atoms with van der Waals surface area (Å²) in [6, 6.07) is 4.87. The molecule has 2 N–H and O–H groups in total. The van der Waals surface area contributed by atoms with Gasteiger partial charge in [-0.15, -0.1) is 0 Å². The van der Waals surface area contributed by atoms with Crippen LogP contribution in [-0.2, 0) is 17.3 Å². The normalized spacial score (nSPS) is 19.4. The summed E-state index contributed by atoms with van der Waals surface area (Å²) in [6.45, 7) is 0.798. The molecule has 0 saturated heterocycles. The lowest BCUT2D eigenvalue weighted by Crippen LogP contribution is -2.36. The lowest BCUT2D eigenvalue weighted by atomic mass is 10.2. The number of carbonyl (C=O) groups is 1. The van der Waals surface area contributed by atoms with Gasteiger partial charge in [0.1, 0.15) is 5.75 Å².